The molecule has 0 radical (unpaired) electrons. The summed E-state index contributed by atoms with van der Waals surface area (Å²) in [6, 6.07) is 1.26. The SMILES string of the molecule is CN(C)C1CC(N)C1.Cl.Cl. The molecular formula is C6H16Cl2N2. The van der Waals surface area contributed by atoms with Gasteiger partial charge >= 0.3 is 0 Å². The van der Waals surface area contributed by atoms with Crippen molar-refractivity contribution in [2.24, 2.45) is 5.73 Å². The maximum Gasteiger partial charge on any atom is 0.0119 e. The molecule has 0 heterocycles. The topological polar surface area (TPSA) is 29.3 Å². The van der Waals surface area contributed by atoms with Gasteiger partial charge in [-0.15, -0.1) is 24.8 Å². The van der Waals surface area contributed by atoms with Crippen molar-refractivity contribution in [1.29, 1.82) is 0 Å². The van der Waals surface area contributed by atoms with Crippen LogP contribution in [0.5, 0.6) is 0 Å². The number of hydrogen-bond donors (Lipinski definition) is 1. The van der Waals surface area contributed by atoms with Crippen molar-refractivity contribution in [1.82, 2.24) is 4.90 Å². The lowest BCUT2D eigenvalue weighted by molar-refractivity contribution is 0.168. The highest BCUT2D eigenvalue weighted by molar-refractivity contribution is 5.85. The number of hydrogen-bond acceptors (Lipinski definition) is 2. The van der Waals surface area contributed by atoms with Gasteiger partial charge in [0.15, 0.2) is 0 Å². The van der Waals surface area contributed by atoms with E-state index in [0.29, 0.717) is 6.04 Å². The molecule has 0 saturated heterocycles. The summed E-state index contributed by atoms with van der Waals surface area (Å²) in [5.41, 5.74) is 5.58. The van der Waals surface area contributed by atoms with Crippen LogP contribution in [0.4, 0.5) is 0 Å². The van der Waals surface area contributed by atoms with E-state index in [-0.39, 0.29) is 24.8 Å². The van der Waals surface area contributed by atoms with Gasteiger partial charge in [-0.2, -0.15) is 0 Å². The van der Waals surface area contributed by atoms with Crippen molar-refractivity contribution in [3.8, 4) is 0 Å². The zero-order chi connectivity index (χ0) is 6.15. The van der Waals surface area contributed by atoms with E-state index in [1.807, 2.05) is 0 Å². The molecular weight excluding hydrogens is 171 g/mol. The van der Waals surface area contributed by atoms with Crippen molar-refractivity contribution < 1.29 is 0 Å². The highest BCUT2D eigenvalue weighted by Gasteiger charge is 2.26. The standard InChI is InChI=1S/C6H14N2.2ClH/c1-8(2)6-3-5(7)4-6;;/h5-6H,3-4,7H2,1-2H3;2*1H. The predicted octanol–water partition coefficient (Wildman–Crippen LogP) is 0.881. The molecule has 64 valence electrons. The predicted molar refractivity (Wildman–Crippen MR) is 49.2 cm³/mol. The van der Waals surface area contributed by atoms with Gasteiger partial charge in [-0.25, -0.2) is 0 Å². The van der Waals surface area contributed by atoms with Crippen LogP contribution in [-0.2, 0) is 0 Å². The minimum atomic E-state index is 0. The largest absolute Gasteiger partial charge is 0.328 e. The molecule has 0 bridgehead atoms. The molecule has 0 aromatic carbocycles. The Morgan fingerprint density at radius 1 is 1.20 bits per heavy atom. The first-order chi connectivity index (χ1) is 3.70. The van der Waals surface area contributed by atoms with Crippen LogP contribution in [-0.4, -0.2) is 31.1 Å². The van der Waals surface area contributed by atoms with E-state index in [0.717, 1.165) is 6.04 Å². The first-order valence-electron chi connectivity index (χ1n) is 3.12. The second kappa shape index (κ2) is 5.19. The highest BCUT2D eigenvalue weighted by atomic mass is 35.5. The van der Waals surface area contributed by atoms with E-state index >= 15 is 0 Å². The van der Waals surface area contributed by atoms with Crippen molar-refractivity contribution in [2.45, 2.75) is 24.9 Å². The smallest absolute Gasteiger partial charge is 0.0119 e. The first kappa shape index (κ1) is 13.1. The lowest BCUT2D eigenvalue weighted by atomic mass is 9.87. The Bertz CT molecular complexity index is 81.8. The van der Waals surface area contributed by atoms with Crippen LogP contribution >= 0.6 is 24.8 Å². The first-order valence-corrected chi connectivity index (χ1v) is 3.12. The van der Waals surface area contributed by atoms with Crippen molar-refractivity contribution in [2.75, 3.05) is 14.1 Å². The van der Waals surface area contributed by atoms with Gasteiger partial charge in [-0.3, -0.25) is 0 Å². The normalized spacial score (nSPS) is 30.0. The van der Waals surface area contributed by atoms with Crippen LogP contribution in [0.15, 0.2) is 0 Å². The highest BCUT2D eigenvalue weighted by Crippen LogP contribution is 2.20. The maximum absolute atomic E-state index is 5.58. The molecule has 1 rings (SSSR count). The van der Waals surface area contributed by atoms with Crippen LogP contribution in [0.25, 0.3) is 0 Å². The molecule has 0 aromatic rings. The van der Waals surface area contributed by atoms with E-state index in [2.05, 4.69) is 19.0 Å². The number of halogens is 2. The Morgan fingerprint density at radius 3 is 1.70 bits per heavy atom. The third kappa shape index (κ3) is 3.06. The molecule has 1 aliphatic carbocycles. The Morgan fingerprint density at radius 2 is 1.60 bits per heavy atom. The quantitative estimate of drug-likeness (QED) is 0.660. The molecule has 2 N–H and O–H groups in total. The second-order valence-electron chi connectivity index (χ2n) is 2.85. The summed E-state index contributed by atoms with van der Waals surface area (Å²) in [5, 5.41) is 0. The fraction of sp³-hybridized carbons (Fsp3) is 1.00. The van der Waals surface area contributed by atoms with Gasteiger partial charge in [0.25, 0.3) is 0 Å². The molecule has 0 atom stereocenters. The van der Waals surface area contributed by atoms with E-state index in [4.69, 9.17) is 5.73 Å². The summed E-state index contributed by atoms with van der Waals surface area (Å²) >= 11 is 0. The number of nitrogens with two attached hydrogens (primary N) is 1. The van der Waals surface area contributed by atoms with Crippen LogP contribution in [0.3, 0.4) is 0 Å². The van der Waals surface area contributed by atoms with E-state index in [9.17, 15) is 0 Å². The average molecular weight is 187 g/mol. The molecule has 0 spiro atoms. The second-order valence-corrected chi connectivity index (χ2v) is 2.85. The lowest BCUT2D eigenvalue weighted by Gasteiger charge is -2.37. The van der Waals surface area contributed by atoms with E-state index in [1.54, 1.807) is 0 Å². The van der Waals surface area contributed by atoms with Crippen molar-refractivity contribution in [3.05, 3.63) is 0 Å². The van der Waals surface area contributed by atoms with Crippen LogP contribution in [0, 0.1) is 0 Å². The molecule has 1 aliphatic rings. The van der Waals surface area contributed by atoms with Gasteiger partial charge in [0.05, 0.1) is 0 Å². The van der Waals surface area contributed by atoms with E-state index < -0.39 is 0 Å². The Hall–Kier alpha value is 0.500. The fourth-order valence-electron chi connectivity index (χ4n) is 1.05. The number of rotatable bonds is 1. The summed E-state index contributed by atoms with van der Waals surface area (Å²) in [6.07, 6.45) is 2.38. The fourth-order valence-corrected chi connectivity index (χ4v) is 1.05. The molecule has 0 aromatic heterocycles. The van der Waals surface area contributed by atoms with Crippen molar-refractivity contribution in [3.63, 3.8) is 0 Å². The molecule has 1 fully saturated rings. The molecule has 2 nitrogen and oxygen atoms in total. The molecule has 4 heteroatoms. The van der Waals surface area contributed by atoms with Gasteiger partial charge < -0.3 is 10.6 Å². The number of nitrogens with zero attached hydrogens (tertiary/aromatic N) is 1. The summed E-state index contributed by atoms with van der Waals surface area (Å²) in [6.45, 7) is 0. The zero-order valence-corrected chi connectivity index (χ0v) is 8.04. The van der Waals surface area contributed by atoms with Gasteiger partial charge in [0, 0.05) is 12.1 Å². The Balaban J connectivity index is 0. The third-order valence-corrected chi connectivity index (χ3v) is 1.88. The van der Waals surface area contributed by atoms with Crippen LogP contribution in [0.2, 0.25) is 0 Å². The van der Waals surface area contributed by atoms with Gasteiger partial charge in [-0.1, -0.05) is 0 Å². The lowest BCUT2D eigenvalue weighted by Crippen LogP contribution is -2.47. The van der Waals surface area contributed by atoms with Gasteiger partial charge in [-0.05, 0) is 26.9 Å². The molecule has 0 unspecified atom stereocenters. The summed E-state index contributed by atoms with van der Waals surface area (Å²) in [7, 11) is 4.22. The Labute approximate surface area is 75.0 Å². The minimum Gasteiger partial charge on any atom is -0.328 e. The zero-order valence-electron chi connectivity index (χ0n) is 6.41. The van der Waals surface area contributed by atoms with Crippen LogP contribution in [0.1, 0.15) is 12.8 Å². The Kier molecular flexibility index (Phi) is 6.81. The molecule has 0 amide bonds. The summed E-state index contributed by atoms with van der Waals surface area (Å²) in [5.74, 6) is 0. The molecule has 10 heavy (non-hydrogen) atoms. The van der Waals surface area contributed by atoms with E-state index in [1.165, 1.54) is 12.8 Å². The third-order valence-electron chi connectivity index (χ3n) is 1.88. The average Bonchev–Trinajstić information content (AvgIpc) is 1.57. The molecule has 1 saturated carbocycles. The summed E-state index contributed by atoms with van der Waals surface area (Å²) in [4.78, 5) is 2.24. The monoisotopic (exact) mass is 186 g/mol. The maximum atomic E-state index is 5.58. The van der Waals surface area contributed by atoms with Crippen LogP contribution < -0.4 is 5.73 Å². The van der Waals surface area contributed by atoms with Gasteiger partial charge in [0.1, 0.15) is 0 Å². The summed E-state index contributed by atoms with van der Waals surface area (Å²) < 4.78 is 0. The molecule has 0 aliphatic heterocycles. The van der Waals surface area contributed by atoms with Crippen molar-refractivity contribution >= 4 is 24.8 Å². The minimum absolute atomic E-state index is 0. The van der Waals surface area contributed by atoms with Gasteiger partial charge in [0.2, 0.25) is 0 Å².